The number of ether oxygens (including phenoxy) is 1. The van der Waals surface area contributed by atoms with Crippen molar-refractivity contribution in [2.24, 2.45) is 0 Å². The SMILES string of the molecule is Cc1snnc1C(=O)OCc1ccccc1. The Morgan fingerprint density at radius 3 is 2.75 bits per heavy atom. The first kappa shape index (κ1) is 10.8. The number of hydrogen-bond acceptors (Lipinski definition) is 5. The van der Waals surface area contributed by atoms with E-state index < -0.39 is 5.97 Å². The second-order valence-electron chi connectivity index (χ2n) is 3.24. The molecule has 2 rings (SSSR count). The Balaban J connectivity index is 1.97. The van der Waals surface area contributed by atoms with Gasteiger partial charge in [-0.2, -0.15) is 0 Å². The van der Waals surface area contributed by atoms with E-state index in [0.717, 1.165) is 10.4 Å². The first-order chi connectivity index (χ1) is 7.77. The number of aromatic nitrogens is 2. The number of aryl methyl sites for hydroxylation is 1. The van der Waals surface area contributed by atoms with Crippen LogP contribution < -0.4 is 0 Å². The van der Waals surface area contributed by atoms with Crippen molar-refractivity contribution in [1.29, 1.82) is 0 Å². The maximum Gasteiger partial charge on any atom is 0.360 e. The molecule has 4 nitrogen and oxygen atoms in total. The number of carbonyl (C=O) groups excluding carboxylic acids is 1. The normalized spacial score (nSPS) is 10.1. The molecule has 1 heterocycles. The van der Waals surface area contributed by atoms with E-state index in [1.807, 2.05) is 30.3 Å². The van der Waals surface area contributed by atoms with Crippen LogP contribution in [-0.4, -0.2) is 15.6 Å². The summed E-state index contributed by atoms with van der Waals surface area (Å²) in [5, 5.41) is 3.72. The Hall–Kier alpha value is -1.75. The minimum Gasteiger partial charge on any atom is -0.456 e. The largest absolute Gasteiger partial charge is 0.456 e. The molecule has 0 fully saturated rings. The van der Waals surface area contributed by atoms with E-state index in [2.05, 4.69) is 9.59 Å². The summed E-state index contributed by atoms with van der Waals surface area (Å²) in [6.45, 7) is 2.06. The third kappa shape index (κ3) is 2.43. The van der Waals surface area contributed by atoms with E-state index in [9.17, 15) is 4.79 Å². The minimum atomic E-state index is -0.421. The van der Waals surface area contributed by atoms with Gasteiger partial charge in [-0.1, -0.05) is 34.8 Å². The molecule has 0 aliphatic carbocycles. The molecule has 16 heavy (non-hydrogen) atoms. The topological polar surface area (TPSA) is 52.1 Å². The summed E-state index contributed by atoms with van der Waals surface area (Å²) in [7, 11) is 0. The zero-order chi connectivity index (χ0) is 11.4. The van der Waals surface area contributed by atoms with Gasteiger partial charge >= 0.3 is 5.97 Å². The van der Waals surface area contributed by atoms with Crippen LogP contribution in [-0.2, 0) is 11.3 Å². The van der Waals surface area contributed by atoms with Crippen molar-refractivity contribution in [3.63, 3.8) is 0 Å². The zero-order valence-electron chi connectivity index (χ0n) is 8.71. The zero-order valence-corrected chi connectivity index (χ0v) is 9.53. The molecule has 0 bridgehead atoms. The Morgan fingerprint density at radius 1 is 1.38 bits per heavy atom. The molecular weight excluding hydrogens is 224 g/mol. The molecule has 0 unspecified atom stereocenters. The molecule has 1 aromatic carbocycles. The average Bonchev–Trinajstić information content (AvgIpc) is 2.74. The third-order valence-electron chi connectivity index (χ3n) is 2.06. The summed E-state index contributed by atoms with van der Waals surface area (Å²) in [5.74, 6) is -0.421. The van der Waals surface area contributed by atoms with Crippen LogP contribution >= 0.6 is 11.5 Å². The van der Waals surface area contributed by atoms with Gasteiger partial charge in [-0.05, 0) is 24.0 Å². The van der Waals surface area contributed by atoms with Gasteiger partial charge in [0, 0.05) is 0 Å². The monoisotopic (exact) mass is 234 g/mol. The fraction of sp³-hybridized carbons (Fsp3) is 0.182. The molecule has 0 aliphatic rings. The number of esters is 1. The van der Waals surface area contributed by atoms with Gasteiger partial charge in [0.1, 0.15) is 6.61 Å². The molecule has 2 aromatic rings. The van der Waals surface area contributed by atoms with Crippen molar-refractivity contribution in [1.82, 2.24) is 9.59 Å². The molecule has 0 N–H and O–H groups in total. The third-order valence-corrected chi connectivity index (χ3v) is 2.69. The van der Waals surface area contributed by atoms with Crippen LogP contribution in [0.2, 0.25) is 0 Å². The summed E-state index contributed by atoms with van der Waals surface area (Å²) >= 11 is 1.19. The van der Waals surface area contributed by atoms with Crippen LogP contribution in [0.5, 0.6) is 0 Å². The van der Waals surface area contributed by atoms with E-state index in [4.69, 9.17) is 4.74 Å². The van der Waals surface area contributed by atoms with Crippen molar-refractivity contribution < 1.29 is 9.53 Å². The van der Waals surface area contributed by atoms with Gasteiger partial charge in [-0.15, -0.1) is 5.10 Å². The summed E-state index contributed by atoms with van der Waals surface area (Å²) in [4.78, 5) is 12.4. The van der Waals surface area contributed by atoms with Crippen LogP contribution in [0.3, 0.4) is 0 Å². The lowest BCUT2D eigenvalue weighted by Crippen LogP contribution is -2.07. The first-order valence-electron chi connectivity index (χ1n) is 4.77. The molecule has 0 spiro atoms. The van der Waals surface area contributed by atoms with E-state index in [-0.39, 0.29) is 6.61 Å². The van der Waals surface area contributed by atoms with E-state index in [0.29, 0.717) is 5.69 Å². The quantitative estimate of drug-likeness (QED) is 0.764. The molecule has 0 aliphatic heterocycles. The van der Waals surface area contributed by atoms with Crippen LogP contribution in [0.25, 0.3) is 0 Å². The second-order valence-corrected chi connectivity index (χ2v) is 4.20. The smallest absolute Gasteiger partial charge is 0.360 e. The second kappa shape index (κ2) is 4.85. The highest BCUT2D eigenvalue weighted by Gasteiger charge is 2.14. The Labute approximate surface area is 97.0 Å². The van der Waals surface area contributed by atoms with Gasteiger partial charge in [0.15, 0.2) is 5.69 Å². The molecule has 0 radical (unpaired) electrons. The number of hydrogen-bond donors (Lipinski definition) is 0. The van der Waals surface area contributed by atoms with Gasteiger partial charge in [-0.3, -0.25) is 0 Å². The fourth-order valence-corrected chi connectivity index (χ4v) is 1.67. The standard InChI is InChI=1S/C11H10N2O2S/c1-8-10(12-13-16-8)11(14)15-7-9-5-3-2-4-6-9/h2-6H,7H2,1H3. The molecule has 0 saturated heterocycles. The summed E-state index contributed by atoms with van der Waals surface area (Å²) in [6, 6.07) is 9.52. The molecule has 0 atom stereocenters. The summed E-state index contributed by atoms with van der Waals surface area (Å²) < 4.78 is 8.81. The Bertz CT molecular complexity index is 482. The number of rotatable bonds is 3. The Morgan fingerprint density at radius 2 is 2.12 bits per heavy atom. The predicted molar refractivity (Wildman–Crippen MR) is 60.2 cm³/mol. The van der Waals surface area contributed by atoms with Crippen molar-refractivity contribution in [3.8, 4) is 0 Å². The van der Waals surface area contributed by atoms with Crippen molar-refractivity contribution in [2.75, 3.05) is 0 Å². The highest BCUT2D eigenvalue weighted by molar-refractivity contribution is 7.05. The highest BCUT2D eigenvalue weighted by atomic mass is 32.1. The number of nitrogens with zero attached hydrogens (tertiary/aromatic N) is 2. The lowest BCUT2D eigenvalue weighted by molar-refractivity contribution is 0.0465. The van der Waals surface area contributed by atoms with Gasteiger partial charge < -0.3 is 4.74 Å². The Kier molecular flexibility index (Phi) is 3.26. The molecule has 82 valence electrons. The lowest BCUT2D eigenvalue weighted by Gasteiger charge is -2.02. The molecule has 5 heteroatoms. The van der Waals surface area contributed by atoms with Crippen LogP contribution in [0.4, 0.5) is 0 Å². The maximum absolute atomic E-state index is 11.6. The van der Waals surface area contributed by atoms with Gasteiger partial charge in [0.2, 0.25) is 0 Å². The molecule has 1 aromatic heterocycles. The predicted octanol–water partition coefficient (Wildman–Crippen LogP) is 2.20. The van der Waals surface area contributed by atoms with Crippen LogP contribution in [0.15, 0.2) is 30.3 Å². The van der Waals surface area contributed by atoms with E-state index in [1.165, 1.54) is 11.5 Å². The van der Waals surface area contributed by atoms with E-state index in [1.54, 1.807) is 6.92 Å². The average molecular weight is 234 g/mol. The molecule has 0 saturated carbocycles. The van der Waals surface area contributed by atoms with Crippen LogP contribution in [0, 0.1) is 6.92 Å². The van der Waals surface area contributed by atoms with Gasteiger partial charge in [0.25, 0.3) is 0 Å². The van der Waals surface area contributed by atoms with Crippen molar-refractivity contribution in [3.05, 3.63) is 46.5 Å². The number of benzene rings is 1. The van der Waals surface area contributed by atoms with E-state index >= 15 is 0 Å². The first-order valence-corrected chi connectivity index (χ1v) is 5.54. The van der Waals surface area contributed by atoms with Gasteiger partial charge in [-0.25, -0.2) is 4.79 Å². The highest BCUT2D eigenvalue weighted by Crippen LogP contribution is 2.10. The lowest BCUT2D eigenvalue weighted by atomic mass is 10.2. The van der Waals surface area contributed by atoms with Crippen molar-refractivity contribution >= 4 is 17.5 Å². The minimum absolute atomic E-state index is 0.261. The fourth-order valence-electron chi connectivity index (χ4n) is 1.21. The summed E-state index contributed by atoms with van der Waals surface area (Å²) in [5.41, 5.74) is 1.26. The van der Waals surface area contributed by atoms with Gasteiger partial charge in [0.05, 0.1) is 4.88 Å². The maximum atomic E-state index is 11.6. The molecular formula is C11H10N2O2S. The van der Waals surface area contributed by atoms with Crippen molar-refractivity contribution in [2.45, 2.75) is 13.5 Å². The summed E-state index contributed by atoms with van der Waals surface area (Å²) in [6.07, 6.45) is 0. The molecule has 0 amide bonds. The van der Waals surface area contributed by atoms with Crippen LogP contribution in [0.1, 0.15) is 20.9 Å². The number of carbonyl (C=O) groups is 1.